The lowest BCUT2D eigenvalue weighted by Gasteiger charge is -2.12. The zero-order valence-electron chi connectivity index (χ0n) is 11.8. The molecule has 1 heterocycles. The largest absolute Gasteiger partial charge is 0.416 e. The van der Waals surface area contributed by atoms with Crippen LogP contribution in [-0.2, 0) is 23.9 Å². The zero-order chi connectivity index (χ0) is 17.0. The molecule has 0 aliphatic heterocycles. The van der Waals surface area contributed by atoms with Crippen LogP contribution in [0.25, 0.3) is 0 Å². The van der Waals surface area contributed by atoms with Gasteiger partial charge < -0.3 is 11.1 Å². The summed E-state index contributed by atoms with van der Waals surface area (Å²) in [5.41, 5.74) is 6.23. The van der Waals surface area contributed by atoms with E-state index in [9.17, 15) is 18.0 Å². The first-order valence-corrected chi connectivity index (χ1v) is 6.96. The molecule has 8 heteroatoms. The summed E-state index contributed by atoms with van der Waals surface area (Å²) in [7, 11) is 0. The number of amides is 1. The van der Waals surface area contributed by atoms with Crippen molar-refractivity contribution in [1.82, 2.24) is 4.98 Å². The Balaban J connectivity index is 2.11. The number of hydrogen-bond acceptors (Lipinski definition) is 3. The first-order valence-electron chi connectivity index (χ1n) is 6.58. The molecule has 122 valence electrons. The third kappa shape index (κ3) is 4.85. The van der Waals surface area contributed by atoms with Crippen molar-refractivity contribution in [3.05, 3.63) is 58.4 Å². The van der Waals surface area contributed by atoms with Crippen molar-refractivity contribution in [3.8, 4) is 0 Å². The van der Waals surface area contributed by atoms with Crippen LogP contribution in [0.5, 0.6) is 0 Å². The molecule has 0 atom stereocenters. The van der Waals surface area contributed by atoms with E-state index < -0.39 is 17.6 Å². The van der Waals surface area contributed by atoms with E-state index in [4.69, 9.17) is 17.3 Å². The molecule has 3 N–H and O–H groups in total. The van der Waals surface area contributed by atoms with Gasteiger partial charge in [0.05, 0.1) is 12.0 Å². The molecule has 4 nitrogen and oxygen atoms in total. The van der Waals surface area contributed by atoms with E-state index in [0.29, 0.717) is 16.8 Å². The lowest BCUT2D eigenvalue weighted by molar-refractivity contribution is -0.137. The summed E-state index contributed by atoms with van der Waals surface area (Å²) in [6, 6.07) is 6.32. The van der Waals surface area contributed by atoms with Crippen LogP contribution in [0.3, 0.4) is 0 Å². The van der Waals surface area contributed by atoms with Crippen molar-refractivity contribution >= 4 is 23.2 Å². The Hall–Kier alpha value is -2.28. The minimum Gasteiger partial charge on any atom is -0.381 e. The Kier molecular flexibility index (Phi) is 5.10. The van der Waals surface area contributed by atoms with Gasteiger partial charge in [0, 0.05) is 24.0 Å². The smallest absolute Gasteiger partial charge is 0.381 e. The highest BCUT2D eigenvalue weighted by atomic mass is 35.5. The minimum atomic E-state index is -4.36. The summed E-state index contributed by atoms with van der Waals surface area (Å²) in [6.45, 7) is 0.268. The quantitative estimate of drug-likeness (QED) is 0.818. The molecule has 0 fully saturated rings. The van der Waals surface area contributed by atoms with Crippen molar-refractivity contribution in [2.24, 2.45) is 5.73 Å². The van der Waals surface area contributed by atoms with Gasteiger partial charge in [-0.25, -0.2) is 4.98 Å². The number of hydrogen-bond donors (Lipinski definition) is 2. The number of aromatic nitrogens is 1. The van der Waals surface area contributed by atoms with Crippen LogP contribution in [0.1, 0.15) is 16.7 Å². The van der Waals surface area contributed by atoms with E-state index in [-0.39, 0.29) is 18.1 Å². The van der Waals surface area contributed by atoms with Gasteiger partial charge in [0.2, 0.25) is 5.91 Å². The summed E-state index contributed by atoms with van der Waals surface area (Å²) < 4.78 is 37.5. The van der Waals surface area contributed by atoms with E-state index >= 15 is 0 Å². The van der Waals surface area contributed by atoms with E-state index in [1.54, 1.807) is 0 Å². The topological polar surface area (TPSA) is 68.0 Å². The number of nitrogens with one attached hydrogen (secondary N) is 1. The van der Waals surface area contributed by atoms with Crippen molar-refractivity contribution in [3.63, 3.8) is 0 Å². The molecule has 23 heavy (non-hydrogen) atoms. The highest BCUT2D eigenvalue weighted by Crippen LogP contribution is 2.29. The summed E-state index contributed by atoms with van der Waals surface area (Å²) in [6.07, 6.45) is -2.94. The van der Waals surface area contributed by atoms with Gasteiger partial charge in [-0.05, 0) is 23.8 Å². The number of alkyl halides is 3. The van der Waals surface area contributed by atoms with Crippen molar-refractivity contribution in [2.75, 3.05) is 5.32 Å². The third-order valence-electron chi connectivity index (χ3n) is 3.08. The lowest BCUT2D eigenvalue weighted by Crippen LogP contribution is -2.15. The molecule has 0 bridgehead atoms. The predicted molar refractivity (Wildman–Crippen MR) is 80.9 cm³/mol. The lowest BCUT2D eigenvalue weighted by atomic mass is 10.1. The highest BCUT2D eigenvalue weighted by molar-refractivity contribution is 6.29. The number of nitrogens with two attached hydrogens (primary N) is 1. The van der Waals surface area contributed by atoms with Crippen LogP contribution in [0.2, 0.25) is 5.15 Å². The molecule has 0 saturated heterocycles. The number of carbonyl (C=O) groups is 1. The van der Waals surface area contributed by atoms with Crippen LogP contribution in [0.15, 0.2) is 36.5 Å². The second-order valence-electron chi connectivity index (χ2n) is 4.86. The standard InChI is InChI=1S/C15H13ClF3N3O/c16-13-6-12(10(8-22-13)5-14(20)23)21-7-9-1-3-11(4-2-9)15(17,18)19/h1-4,6,8H,5,7H2,(H2,20,23)(H,21,22). The van der Waals surface area contributed by atoms with E-state index in [0.717, 1.165) is 12.1 Å². The Morgan fingerprint density at radius 1 is 1.26 bits per heavy atom. The van der Waals surface area contributed by atoms with Crippen LogP contribution in [0.4, 0.5) is 18.9 Å². The average Bonchev–Trinajstić information content (AvgIpc) is 2.46. The fourth-order valence-corrected chi connectivity index (χ4v) is 2.12. The maximum atomic E-state index is 12.5. The van der Waals surface area contributed by atoms with E-state index in [1.165, 1.54) is 24.4 Å². The van der Waals surface area contributed by atoms with Gasteiger partial charge in [-0.15, -0.1) is 0 Å². The highest BCUT2D eigenvalue weighted by Gasteiger charge is 2.29. The normalized spacial score (nSPS) is 11.3. The molecule has 1 amide bonds. The Morgan fingerprint density at radius 2 is 1.91 bits per heavy atom. The molecule has 1 aromatic heterocycles. The van der Waals surface area contributed by atoms with Gasteiger partial charge in [-0.1, -0.05) is 23.7 Å². The second-order valence-corrected chi connectivity index (χ2v) is 5.24. The van der Waals surface area contributed by atoms with Gasteiger partial charge in [0.25, 0.3) is 0 Å². The van der Waals surface area contributed by atoms with Gasteiger partial charge in [0.15, 0.2) is 0 Å². The number of pyridine rings is 1. The number of carbonyl (C=O) groups excluding carboxylic acids is 1. The fourth-order valence-electron chi connectivity index (χ4n) is 1.96. The minimum absolute atomic E-state index is 0.0144. The van der Waals surface area contributed by atoms with E-state index in [1.807, 2.05) is 0 Å². The molecule has 0 spiro atoms. The van der Waals surface area contributed by atoms with Crippen molar-refractivity contribution in [2.45, 2.75) is 19.1 Å². The molecule has 0 saturated carbocycles. The average molecular weight is 344 g/mol. The molecule has 0 aliphatic rings. The van der Waals surface area contributed by atoms with Crippen molar-refractivity contribution in [1.29, 1.82) is 0 Å². The Bertz CT molecular complexity index is 702. The maximum absolute atomic E-state index is 12.5. The number of halogens is 4. The van der Waals surface area contributed by atoms with Crippen LogP contribution >= 0.6 is 11.6 Å². The second kappa shape index (κ2) is 6.87. The molecular formula is C15H13ClF3N3O. The first-order chi connectivity index (χ1) is 10.8. The van der Waals surface area contributed by atoms with Crippen LogP contribution in [0, 0.1) is 0 Å². The summed E-state index contributed by atoms with van der Waals surface area (Å²) in [5, 5.41) is 3.25. The summed E-state index contributed by atoms with van der Waals surface area (Å²) in [4.78, 5) is 14.9. The van der Waals surface area contributed by atoms with Gasteiger partial charge in [0.1, 0.15) is 5.15 Å². The Morgan fingerprint density at radius 3 is 2.48 bits per heavy atom. The predicted octanol–water partition coefficient (Wildman–Crippen LogP) is 3.39. The van der Waals surface area contributed by atoms with E-state index in [2.05, 4.69) is 10.3 Å². The molecular weight excluding hydrogens is 331 g/mol. The number of benzene rings is 1. The number of nitrogens with zero attached hydrogens (tertiary/aromatic N) is 1. The zero-order valence-corrected chi connectivity index (χ0v) is 12.6. The number of rotatable bonds is 5. The third-order valence-corrected chi connectivity index (χ3v) is 3.29. The molecule has 1 aromatic carbocycles. The monoisotopic (exact) mass is 343 g/mol. The Labute approximate surface area is 135 Å². The van der Waals surface area contributed by atoms with Gasteiger partial charge in [-0.3, -0.25) is 4.79 Å². The van der Waals surface area contributed by atoms with Crippen LogP contribution in [-0.4, -0.2) is 10.9 Å². The van der Waals surface area contributed by atoms with Crippen LogP contribution < -0.4 is 11.1 Å². The van der Waals surface area contributed by atoms with Gasteiger partial charge in [-0.2, -0.15) is 13.2 Å². The van der Waals surface area contributed by atoms with Gasteiger partial charge >= 0.3 is 6.18 Å². The van der Waals surface area contributed by atoms with Crippen molar-refractivity contribution < 1.29 is 18.0 Å². The summed E-state index contributed by atoms with van der Waals surface area (Å²) in [5.74, 6) is -0.522. The molecule has 0 aliphatic carbocycles. The number of primary amides is 1. The molecule has 2 aromatic rings. The fraction of sp³-hybridized carbons (Fsp3) is 0.200. The molecule has 2 rings (SSSR count). The first kappa shape index (κ1) is 17.1. The SMILES string of the molecule is NC(=O)Cc1cnc(Cl)cc1NCc1ccc(C(F)(F)F)cc1. The maximum Gasteiger partial charge on any atom is 0.416 e. The summed E-state index contributed by atoms with van der Waals surface area (Å²) >= 11 is 5.81. The molecule has 0 unspecified atom stereocenters. The number of anilines is 1. The molecule has 0 radical (unpaired) electrons.